The summed E-state index contributed by atoms with van der Waals surface area (Å²) >= 11 is 0. The van der Waals surface area contributed by atoms with E-state index >= 15 is 0 Å². The summed E-state index contributed by atoms with van der Waals surface area (Å²) in [5.74, 6) is 0.248. The highest BCUT2D eigenvalue weighted by molar-refractivity contribution is 5.85. The molecule has 0 radical (unpaired) electrons. The molecule has 0 saturated carbocycles. The fourth-order valence-corrected chi connectivity index (χ4v) is 3.01. The molecule has 0 aliphatic carbocycles. The summed E-state index contributed by atoms with van der Waals surface area (Å²) in [6.07, 6.45) is 2.42. The second-order valence-electron chi connectivity index (χ2n) is 6.05. The van der Waals surface area contributed by atoms with Gasteiger partial charge < -0.3 is 15.5 Å². The van der Waals surface area contributed by atoms with Crippen molar-refractivity contribution in [1.82, 2.24) is 9.80 Å². The molecule has 1 aromatic carbocycles. The standard InChI is InChI=1S/C18H27N3O2.ClH/c1-2-16-14-20(17(22)9-6-11-19)12-10-18(23)21(16)13-15-7-4-3-5-8-15;/h3-5,7-8,16H,2,6,9-14,19H2,1H3;1H. The third-order valence-corrected chi connectivity index (χ3v) is 4.40. The van der Waals surface area contributed by atoms with Gasteiger partial charge >= 0.3 is 0 Å². The van der Waals surface area contributed by atoms with E-state index in [1.165, 1.54) is 0 Å². The fraction of sp³-hybridized carbons (Fsp3) is 0.556. The molecule has 2 rings (SSSR count). The van der Waals surface area contributed by atoms with Crippen LogP contribution in [0.5, 0.6) is 0 Å². The van der Waals surface area contributed by atoms with Crippen molar-refractivity contribution in [3.8, 4) is 0 Å². The first-order valence-corrected chi connectivity index (χ1v) is 8.47. The van der Waals surface area contributed by atoms with Gasteiger partial charge in [-0.15, -0.1) is 12.4 Å². The Morgan fingerprint density at radius 1 is 1.29 bits per heavy atom. The van der Waals surface area contributed by atoms with Crippen LogP contribution in [0.4, 0.5) is 0 Å². The van der Waals surface area contributed by atoms with E-state index in [0.717, 1.165) is 12.0 Å². The lowest BCUT2D eigenvalue weighted by atomic mass is 10.1. The van der Waals surface area contributed by atoms with E-state index in [4.69, 9.17) is 5.73 Å². The molecule has 2 N–H and O–H groups in total. The summed E-state index contributed by atoms with van der Waals surface area (Å²) in [5.41, 5.74) is 6.61. The lowest BCUT2D eigenvalue weighted by Crippen LogP contribution is -2.43. The van der Waals surface area contributed by atoms with Gasteiger partial charge in [0.1, 0.15) is 0 Å². The van der Waals surface area contributed by atoms with E-state index in [9.17, 15) is 9.59 Å². The molecule has 5 nitrogen and oxygen atoms in total. The Kier molecular flexibility index (Phi) is 8.79. The predicted molar refractivity (Wildman–Crippen MR) is 97.8 cm³/mol. The quantitative estimate of drug-likeness (QED) is 0.852. The Balaban J connectivity index is 0.00000288. The number of carbonyl (C=O) groups is 2. The van der Waals surface area contributed by atoms with Crippen LogP contribution in [0.25, 0.3) is 0 Å². The van der Waals surface area contributed by atoms with Crippen molar-refractivity contribution in [1.29, 1.82) is 0 Å². The SMILES string of the molecule is CCC1CN(C(=O)CCCN)CCC(=O)N1Cc1ccccc1.Cl. The molecule has 1 heterocycles. The molecule has 1 aliphatic heterocycles. The van der Waals surface area contributed by atoms with Crippen molar-refractivity contribution in [2.75, 3.05) is 19.6 Å². The van der Waals surface area contributed by atoms with Crippen molar-refractivity contribution < 1.29 is 9.59 Å². The van der Waals surface area contributed by atoms with Gasteiger partial charge in [0.2, 0.25) is 11.8 Å². The lowest BCUT2D eigenvalue weighted by molar-refractivity contribution is -0.133. The number of benzene rings is 1. The second-order valence-corrected chi connectivity index (χ2v) is 6.05. The fourth-order valence-electron chi connectivity index (χ4n) is 3.01. The van der Waals surface area contributed by atoms with Gasteiger partial charge in [0.25, 0.3) is 0 Å². The molecular formula is C18H28ClN3O2. The summed E-state index contributed by atoms with van der Waals surface area (Å²) in [4.78, 5) is 28.6. The largest absolute Gasteiger partial charge is 0.340 e. The zero-order chi connectivity index (χ0) is 16.7. The van der Waals surface area contributed by atoms with E-state index in [2.05, 4.69) is 6.92 Å². The Bertz CT molecular complexity index is 524. The Morgan fingerprint density at radius 3 is 2.62 bits per heavy atom. The molecule has 1 fully saturated rings. The van der Waals surface area contributed by atoms with Gasteiger partial charge in [-0.25, -0.2) is 0 Å². The van der Waals surface area contributed by atoms with Crippen LogP contribution in [0.2, 0.25) is 0 Å². The van der Waals surface area contributed by atoms with Crippen LogP contribution in [0.1, 0.15) is 38.2 Å². The van der Waals surface area contributed by atoms with Crippen LogP contribution >= 0.6 is 12.4 Å². The van der Waals surface area contributed by atoms with Gasteiger partial charge in [-0.3, -0.25) is 9.59 Å². The highest BCUT2D eigenvalue weighted by Gasteiger charge is 2.30. The van der Waals surface area contributed by atoms with Crippen molar-refractivity contribution in [2.24, 2.45) is 5.73 Å². The van der Waals surface area contributed by atoms with Gasteiger partial charge in [-0.1, -0.05) is 37.3 Å². The van der Waals surface area contributed by atoms with E-state index in [-0.39, 0.29) is 30.3 Å². The maximum Gasteiger partial charge on any atom is 0.224 e. The summed E-state index contributed by atoms with van der Waals surface area (Å²) in [6, 6.07) is 10.1. The second kappa shape index (κ2) is 10.3. The maximum atomic E-state index is 12.5. The summed E-state index contributed by atoms with van der Waals surface area (Å²) in [7, 11) is 0. The number of nitrogens with zero attached hydrogens (tertiary/aromatic N) is 2. The first-order chi connectivity index (χ1) is 11.2. The average Bonchev–Trinajstić information content (AvgIpc) is 2.73. The summed E-state index contributed by atoms with van der Waals surface area (Å²) < 4.78 is 0. The van der Waals surface area contributed by atoms with Crippen LogP contribution < -0.4 is 5.73 Å². The van der Waals surface area contributed by atoms with Crippen LogP contribution in [-0.4, -0.2) is 47.3 Å². The number of rotatable bonds is 6. The Labute approximate surface area is 150 Å². The first kappa shape index (κ1) is 20.5. The minimum atomic E-state index is 0. The van der Waals surface area contributed by atoms with Gasteiger partial charge in [0, 0.05) is 38.5 Å². The molecule has 1 aromatic rings. The van der Waals surface area contributed by atoms with E-state index < -0.39 is 0 Å². The smallest absolute Gasteiger partial charge is 0.224 e. The molecule has 1 aliphatic rings. The van der Waals surface area contributed by atoms with Gasteiger partial charge in [0.05, 0.1) is 0 Å². The van der Waals surface area contributed by atoms with Crippen molar-refractivity contribution in [3.05, 3.63) is 35.9 Å². The molecule has 1 saturated heterocycles. The van der Waals surface area contributed by atoms with Crippen LogP contribution in [0.15, 0.2) is 30.3 Å². The highest BCUT2D eigenvalue weighted by Crippen LogP contribution is 2.18. The molecule has 1 unspecified atom stereocenters. The number of nitrogens with two attached hydrogens (primary N) is 1. The van der Waals surface area contributed by atoms with E-state index in [1.54, 1.807) is 0 Å². The Hall–Kier alpha value is -1.59. The van der Waals surface area contributed by atoms with Gasteiger partial charge in [0.15, 0.2) is 0 Å². The average molecular weight is 354 g/mol. The van der Waals surface area contributed by atoms with E-state index in [0.29, 0.717) is 45.4 Å². The molecule has 0 bridgehead atoms. The normalized spacial score (nSPS) is 18.1. The number of halogens is 1. The summed E-state index contributed by atoms with van der Waals surface area (Å²) in [6.45, 7) is 4.35. The van der Waals surface area contributed by atoms with Crippen LogP contribution in [0.3, 0.4) is 0 Å². The minimum absolute atomic E-state index is 0. The lowest BCUT2D eigenvalue weighted by Gasteiger charge is -2.31. The van der Waals surface area contributed by atoms with Crippen LogP contribution in [-0.2, 0) is 16.1 Å². The zero-order valence-electron chi connectivity index (χ0n) is 14.3. The molecule has 2 amide bonds. The number of carbonyl (C=O) groups excluding carboxylic acids is 2. The van der Waals surface area contributed by atoms with Crippen molar-refractivity contribution >= 4 is 24.2 Å². The highest BCUT2D eigenvalue weighted by atomic mass is 35.5. The minimum Gasteiger partial charge on any atom is -0.340 e. The molecule has 6 heteroatoms. The number of amides is 2. The molecule has 1 atom stereocenters. The van der Waals surface area contributed by atoms with Crippen LogP contribution in [0, 0.1) is 0 Å². The monoisotopic (exact) mass is 353 g/mol. The topological polar surface area (TPSA) is 66.6 Å². The zero-order valence-corrected chi connectivity index (χ0v) is 15.1. The number of hydrogen-bond acceptors (Lipinski definition) is 3. The third-order valence-electron chi connectivity index (χ3n) is 4.40. The number of hydrogen-bond donors (Lipinski definition) is 1. The maximum absolute atomic E-state index is 12.5. The predicted octanol–water partition coefficient (Wildman–Crippen LogP) is 2.19. The molecule has 0 aromatic heterocycles. The van der Waals surface area contributed by atoms with Gasteiger partial charge in [-0.2, -0.15) is 0 Å². The molecular weight excluding hydrogens is 326 g/mol. The third kappa shape index (κ3) is 5.49. The van der Waals surface area contributed by atoms with Crippen molar-refractivity contribution in [3.63, 3.8) is 0 Å². The molecule has 134 valence electrons. The first-order valence-electron chi connectivity index (χ1n) is 8.47. The van der Waals surface area contributed by atoms with E-state index in [1.807, 2.05) is 40.1 Å². The Morgan fingerprint density at radius 2 is 2.00 bits per heavy atom. The summed E-state index contributed by atoms with van der Waals surface area (Å²) in [5, 5.41) is 0. The molecule has 0 spiro atoms. The van der Waals surface area contributed by atoms with Crippen molar-refractivity contribution in [2.45, 2.75) is 45.2 Å². The van der Waals surface area contributed by atoms with Gasteiger partial charge in [-0.05, 0) is 24.9 Å². The molecule has 24 heavy (non-hydrogen) atoms.